The summed E-state index contributed by atoms with van der Waals surface area (Å²) in [6.45, 7) is 3.25. The van der Waals surface area contributed by atoms with Crippen LogP contribution in [-0.4, -0.2) is 22.0 Å². The lowest BCUT2D eigenvalue weighted by Crippen LogP contribution is -2.24. The molecule has 0 fully saturated rings. The van der Waals surface area contributed by atoms with Gasteiger partial charge in [0.25, 0.3) is 5.91 Å². The van der Waals surface area contributed by atoms with Crippen molar-refractivity contribution in [2.24, 2.45) is 0 Å². The second kappa shape index (κ2) is 9.05. The van der Waals surface area contributed by atoms with Gasteiger partial charge in [-0.05, 0) is 44.0 Å². The molecule has 3 rings (SSSR count). The van der Waals surface area contributed by atoms with Crippen LogP contribution in [0.4, 0.5) is 0 Å². The van der Waals surface area contributed by atoms with Gasteiger partial charge < -0.3 is 9.88 Å². The van der Waals surface area contributed by atoms with Crippen molar-refractivity contribution in [3.05, 3.63) is 65.5 Å². The Labute approximate surface area is 160 Å². The van der Waals surface area contributed by atoms with Crippen LogP contribution in [0.1, 0.15) is 41.0 Å². The Morgan fingerprint density at radius 3 is 2.67 bits per heavy atom. The highest BCUT2D eigenvalue weighted by Crippen LogP contribution is 2.17. The zero-order chi connectivity index (χ0) is 19.1. The Balaban J connectivity index is 1.45. The van der Waals surface area contributed by atoms with Crippen molar-refractivity contribution >= 4 is 16.9 Å². The first-order valence-corrected chi connectivity index (χ1v) is 9.41. The molecular formula is C23H25N3O. The van der Waals surface area contributed by atoms with E-state index in [1.54, 1.807) is 0 Å². The highest BCUT2D eigenvalue weighted by molar-refractivity contribution is 5.94. The van der Waals surface area contributed by atoms with Gasteiger partial charge in [0.2, 0.25) is 0 Å². The van der Waals surface area contributed by atoms with Crippen molar-refractivity contribution in [1.82, 2.24) is 14.9 Å². The van der Waals surface area contributed by atoms with Crippen molar-refractivity contribution in [1.29, 1.82) is 0 Å². The predicted octanol–water partition coefficient (Wildman–Crippen LogP) is 4.12. The summed E-state index contributed by atoms with van der Waals surface area (Å²) in [5.41, 5.74) is 3.95. The number of benzene rings is 2. The van der Waals surface area contributed by atoms with Crippen molar-refractivity contribution < 1.29 is 4.79 Å². The van der Waals surface area contributed by atoms with Gasteiger partial charge in [-0.15, -0.1) is 6.42 Å². The first-order chi connectivity index (χ1) is 13.2. The van der Waals surface area contributed by atoms with E-state index in [2.05, 4.69) is 21.9 Å². The summed E-state index contributed by atoms with van der Waals surface area (Å²) in [6, 6.07) is 15.7. The second-order valence-electron chi connectivity index (χ2n) is 6.74. The fourth-order valence-corrected chi connectivity index (χ4v) is 3.18. The third-order valence-corrected chi connectivity index (χ3v) is 4.66. The minimum absolute atomic E-state index is 0.00851. The van der Waals surface area contributed by atoms with E-state index >= 15 is 0 Å². The van der Waals surface area contributed by atoms with Gasteiger partial charge in [0.1, 0.15) is 5.82 Å². The molecule has 0 spiro atoms. The number of hydrogen-bond donors (Lipinski definition) is 1. The summed E-state index contributed by atoms with van der Waals surface area (Å²) >= 11 is 0. The zero-order valence-corrected chi connectivity index (χ0v) is 15.7. The summed E-state index contributed by atoms with van der Waals surface area (Å²) < 4.78 is 2.12. The average Bonchev–Trinajstić information content (AvgIpc) is 3.03. The molecule has 1 aromatic heterocycles. The molecule has 0 aliphatic carbocycles. The van der Waals surface area contributed by atoms with Gasteiger partial charge in [-0.1, -0.05) is 42.2 Å². The maximum absolute atomic E-state index is 12.1. The third kappa shape index (κ3) is 4.77. The molecule has 0 atom stereocenters. The van der Waals surface area contributed by atoms with Crippen LogP contribution in [0, 0.1) is 19.3 Å². The number of imidazole rings is 1. The number of para-hydroxylation sites is 2. The van der Waals surface area contributed by atoms with Crippen molar-refractivity contribution in [3.63, 3.8) is 0 Å². The molecule has 0 radical (unpaired) electrons. The van der Waals surface area contributed by atoms with Gasteiger partial charge >= 0.3 is 0 Å². The topological polar surface area (TPSA) is 46.9 Å². The Kier molecular flexibility index (Phi) is 6.27. The molecule has 0 aliphatic heterocycles. The SMILES string of the molecule is C#CCn1c(CCCCCNC(=O)c2ccc(C)cc2)nc2ccccc21. The van der Waals surface area contributed by atoms with E-state index in [1.807, 2.05) is 49.4 Å². The molecule has 4 nitrogen and oxygen atoms in total. The number of rotatable bonds is 8. The highest BCUT2D eigenvalue weighted by atomic mass is 16.1. The first-order valence-electron chi connectivity index (χ1n) is 9.41. The van der Waals surface area contributed by atoms with E-state index in [4.69, 9.17) is 11.4 Å². The minimum Gasteiger partial charge on any atom is -0.352 e. The lowest BCUT2D eigenvalue weighted by Gasteiger charge is -2.07. The van der Waals surface area contributed by atoms with Gasteiger partial charge in [-0.3, -0.25) is 4.79 Å². The van der Waals surface area contributed by atoms with Crippen LogP contribution in [0.25, 0.3) is 11.0 Å². The van der Waals surface area contributed by atoms with E-state index < -0.39 is 0 Å². The van der Waals surface area contributed by atoms with Crippen LogP contribution >= 0.6 is 0 Å². The number of aromatic nitrogens is 2. The third-order valence-electron chi connectivity index (χ3n) is 4.66. The Bertz CT molecular complexity index is 948. The zero-order valence-electron chi connectivity index (χ0n) is 15.7. The molecule has 2 aromatic carbocycles. The van der Waals surface area contributed by atoms with E-state index in [1.165, 1.54) is 0 Å². The number of hydrogen-bond acceptors (Lipinski definition) is 2. The van der Waals surface area contributed by atoms with Crippen LogP contribution in [0.3, 0.4) is 0 Å². The van der Waals surface area contributed by atoms with E-state index in [0.717, 1.165) is 48.1 Å². The molecule has 0 bridgehead atoms. The largest absolute Gasteiger partial charge is 0.352 e. The molecule has 3 aromatic rings. The molecular weight excluding hydrogens is 334 g/mol. The molecule has 0 aliphatic rings. The first kappa shape index (κ1) is 18.7. The van der Waals surface area contributed by atoms with Gasteiger partial charge in [-0.2, -0.15) is 0 Å². The number of carbonyl (C=O) groups is 1. The minimum atomic E-state index is -0.00851. The molecule has 1 heterocycles. The normalized spacial score (nSPS) is 10.7. The van der Waals surface area contributed by atoms with Crippen LogP contribution in [-0.2, 0) is 13.0 Å². The Hall–Kier alpha value is -3.06. The molecule has 1 amide bonds. The number of aryl methyl sites for hydroxylation is 2. The van der Waals surface area contributed by atoms with Gasteiger partial charge in [-0.25, -0.2) is 4.98 Å². The van der Waals surface area contributed by atoms with Crippen molar-refractivity contribution in [2.45, 2.75) is 39.2 Å². The highest BCUT2D eigenvalue weighted by Gasteiger charge is 2.09. The Morgan fingerprint density at radius 2 is 1.89 bits per heavy atom. The Morgan fingerprint density at radius 1 is 1.11 bits per heavy atom. The van der Waals surface area contributed by atoms with Gasteiger partial charge in [0.15, 0.2) is 0 Å². The average molecular weight is 359 g/mol. The van der Waals surface area contributed by atoms with Crippen molar-refractivity contribution in [3.8, 4) is 12.3 Å². The number of terminal acetylenes is 1. The number of amides is 1. The van der Waals surface area contributed by atoms with E-state index in [0.29, 0.717) is 18.7 Å². The molecule has 4 heteroatoms. The van der Waals surface area contributed by atoms with Crippen LogP contribution in [0.2, 0.25) is 0 Å². The molecule has 1 N–H and O–H groups in total. The predicted molar refractivity (Wildman–Crippen MR) is 110 cm³/mol. The standard InChI is InChI=1S/C23H25N3O/c1-3-17-26-21-10-7-6-9-20(21)25-22(26)11-5-4-8-16-24-23(27)19-14-12-18(2)13-15-19/h1,6-7,9-10,12-15H,4-5,8,11,16-17H2,2H3,(H,24,27). The molecule has 0 unspecified atom stereocenters. The number of nitrogens with one attached hydrogen (secondary N) is 1. The lowest BCUT2D eigenvalue weighted by molar-refractivity contribution is 0.0953. The smallest absolute Gasteiger partial charge is 0.251 e. The molecule has 0 saturated carbocycles. The summed E-state index contributed by atoms with van der Waals surface area (Å²) in [5, 5.41) is 2.98. The van der Waals surface area contributed by atoms with E-state index in [-0.39, 0.29) is 5.91 Å². The summed E-state index contributed by atoms with van der Waals surface area (Å²) in [5.74, 6) is 3.75. The molecule has 0 saturated heterocycles. The monoisotopic (exact) mass is 359 g/mol. The maximum Gasteiger partial charge on any atom is 0.251 e. The van der Waals surface area contributed by atoms with Crippen LogP contribution in [0.5, 0.6) is 0 Å². The fraction of sp³-hybridized carbons (Fsp3) is 0.304. The molecule has 27 heavy (non-hydrogen) atoms. The number of unbranched alkanes of at least 4 members (excludes halogenated alkanes) is 2. The van der Waals surface area contributed by atoms with E-state index in [9.17, 15) is 4.79 Å². The molecule has 138 valence electrons. The quantitative estimate of drug-likeness (QED) is 0.486. The van der Waals surface area contributed by atoms with Crippen molar-refractivity contribution in [2.75, 3.05) is 6.54 Å². The summed E-state index contributed by atoms with van der Waals surface area (Å²) in [7, 11) is 0. The maximum atomic E-state index is 12.1. The summed E-state index contributed by atoms with van der Waals surface area (Å²) in [4.78, 5) is 16.8. The lowest BCUT2D eigenvalue weighted by atomic mass is 10.1. The number of carbonyl (C=O) groups excluding carboxylic acids is 1. The fourth-order valence-electron chi connectivity index (χ4n) is 3.18. The number of nitrogens with zero attached hydrogens (tertiary/aromatic N) is 2. The number of fused-ring (bicyclic) bond motifs is 1. The summed E-state index contributed by atoms with van der Waals surface area (Å²) in [6.07, 6.45) is 9.42. The van der Waals surface area contributed by atoms with Crippen LogP contribution < -0.4 is 5.32 Å². The van der Waals surface area contributed by atoms with Crippen LogP contribution in [0.15, 0.2) is 48.5 Å². The second-order valence-corrected chi connectivity index (χ2v) is 6.74. The van der Waals surface area contributed by atoms with Gasteiger partial charge in [0.05, 0.1) is 17.6 Å². The van der Waals surface area contributed by atoms with Gasteiger partial charge in [0, 0.05) is 18.5 Å².